The van der Waals surface area contributed by atoms with Crippen LogP contribution in [-0.2, 0) is 0 Å². The lowest BCUT2D eigenvalue weighted by Crippen LogP contribution is -2.44. The first-order valence-corrected chi connectivity index (χ1v) is 8.40. The number of nitrogens with zero attached hydrogens (tertiary/aromatic N) is 4. The molecule has 0 saturated carbocycles. The van der Waals surface area contributed by atoms with Crippen LogP contribution < -0.4 is 0 Å². The predicted octanol–water partition coefficient (Wildman–Crippen LogP) is 2.27. The molecule has 2 aliphatic heterocycles. The van der Waals surface area contributed by atoms with Gasteiger partial charge >= 0.3 is 0 Å². The Bertz CT molecular complexity index is 716. The molecule has 1 unspecified atom stereocenters. The van der Waals surface area contributed by atoms with Crippen molar-refractivity contribution in [3.63, 3.8) is 0 Å². The Morgan fingerprint density at radius 1 is 1.38 bits per heavy atom. The van der Waals surface area contributed by atoms with Crippen LogP contribution in [0.4, 0.5) is 0 Å². The van der Waals surface area contributed by atoms with E-state index in [0.29, 0.717) is 17.5 Å². The molecule has 24 heavy (non-hydrogen) atoms. The lowest BCUT2D eigenvalue weighted by molar-refractivity contribution is 0.0563. The van der Waals surface area contributed by atoms with Crippen LogP contribution >= 0.6 is 0 Å². The summed E-state index contributed by atoms with van der Waals surface area (Å²) >= 11 is 0. The van der Waals surface area contributed by atoms with Crippen LogP contribution in [-0.4, -0.2) is 52.5 Å². The summed E-state index contributed by atoms with van der Waals surface area (Å²) in [6, 6.07) is 3.66. The number of hydrogen-bond donors (Lipinski definition) is 0. The average Bonchev–Trinajstić information content (AvgIpc) is 3.29. The maximum atomic E-state index is 12.4. The van der Waals surface area contributed by atoms with Crippen LogP contribution in [0.3, 0.4) is 0 Å². The first-order valence-electron chi connectivity index (χ1n) is 8.40. The van der Waals surface area contributed by atoms with Gasteiger partial charge < -0.3 is 13.8 Å². The Morgan fingerprint density at radius 2 is 2.17 bits per heavy atom. The molecule has 0 aromatic carbocycles. The van der Waals surface area contributed by atoms with Crippen LogP contribution in [0, 0.1) is 12.3 Å². The molecule has 2 fully saturated rings. The van der Waals surface area contributed by atoms with E-state index in [9.17, 15) is 4.79 Å². The van der Waals surface area contributed by atoms with Crippen molar-refractivity contribution in [1.29, 1.82) is 0 Å². The van der Waals surface area contributed by atoms with Crippen molar-refractivity contribution in [2.75, 3.05) is 26.7 Å². The third kappa shape index (κ3) is 2.62. The summed E-state index contributed by atoms with van der Waals surface area (Å²) in [4.78, 5) is 21.0. The van der Waals surface area contributed by atoms with Crippen LogP contribution in [0.15, 0.2) is 27.3 Å². The summed E-state index contributed by atoms with van der Waals surface area (Å²) in [7, 11) is 2.11. The van der Waals surface area contributed by atoms with Gasteiger partial charge in [-0.25, -0.2) is 0 Å². The van der Waals surface area contributed by atoms with E-state index in [1.54, 1.807) is 18.4 Å². The normalized spacial score (nSPS) is 23.9. The lowest BCUT2D eigenvalue weighted by Gasteiger charge is -2.38. The van der Waals surface area contributed by atoms with Crippen molar-refractivity contribution in [1.82, 2.24) is 19.9 Å². The minimum Gasteiger partial charge on any atom is -0.459 e. The molecular formula is C17H22N4O3. The molecule has 2 aromatic heterocycles. The van der Waals surface area contributed by atoms with E-state index in [2.05, 4.69) is 22.1 Å². The predicted molar refractivity (Wildman–Crippen MR) is 85.3 cm³/mol. The largest absolute Gasteiger partial charge is 0.459 e. The number of aryl methyl sites for hydroxylation is 1. The second-order valence-corrected chi connectivity index (χ2v) is 7.08. The molecular weight excluding hydrogens is 308 g/mol. The number of carbonyl (C=O) groups excluding carboxylic acids is 1. The van der Waals surface area contributed by atoms with Crippen molar-refractivity contribution in [2.45, 2.75) is 32.2 Å². The Hall–Kier alpha value is -2.15. The van der Waals surface area contributed by atoms with Crippen molar-refractivity contribution < 1.29 is 13.7 Å². The van der Waals surface area contributed by atoms with Gasteiger partial charge in [-0.15, -0.1) is 0 Å². The summed E-state index contributed by atoms with van der Waals surface area (Å²) in [5.41, 5.74) is 0.224. The molecule has 4 heterocycles. The third-order valence-corrected chi connectivity index (χ3v) is 5.41. The highest BCUT2D eigenvalue weighted by atomic mass is 16.5. The number of likely N-dealkylation sites (tertiary alicyclic amines) is 2. The molecule has 128 valence electrons. The number of piperidine rings is 1. The number of rotatable bonds is 2. The number of aromatic nitrogens is 2. The highest BCUT2D eigenvalue weighted by Gasteiger charge is 2.47. The number of carbonyl (C=O) groups is 1. The maximum Gasteiger partial charge on any atom is 0.289 e. The van der Waals surface area contributed by atoms with Crippen LogP contribution in [0.1, 0.15) is 47.6 Å². The van der Waals surface area contributed by atoms with E-state index >= 15 is 0 Å². The van der Waals surface area contributed by atoms with Gasteiger partial charge in [0.05, 0.1) is 12.3 Å². The molecule has 0 radical (unpaired) electrons. The van der Waals surface area contributed by atoms with Gasteiger partial charge in [0.15, 0.2) is 11.6 Å². The fourth-order valence-electron chi connectivity index (χ4n) is 4.10. The van der Waals surface area contributed by atoms with Gasteiger partial charge in [-0.2, -0.15) is 4.98 Å². The Labute approximate surface area is 140 Å². The van der Waals surface area contributed by atoms with E-state index in [0.717, 1.165) is 38.9 Å². The first kappa shape index (κ1) is 15.4. The van der Waals surface area contributed by atoms with Gasteiger partial charge in [0, 0.05) is 19.6 Å². The third-order valence-electron chi connectivity index (χ3n) is 5.41. The van der Waals surface area contributed by atoms with Crippen molar-refractivity contribution >= 4 is 5.91 Å². The molecule has 1 amide bonds. The molecule has 4 rings (SSSR count). The van der Waals surface area contributed by atoms with Crippen LogP contribution in [0.5, 0.6) is 0 Å². The zero-order chi connectivity index (χ0) is 16.7. The van der Waals surface area contributed by atoms with Crippen molar-refractivity contribution in [3.05, 3.63) is 35.9 Å². The summed E-state index contributed by atoms with van der Waals surface area (Å²) in [5, 5.41) is 3.92. The van der Waals surface area contributed by atoms with E-state index < -0.39 is 0 Å². The SMILES string of the molecule is Cc1noc(C2CC3(CCN(C(=O)c4ccco4)CC3)CN2C)n1. The van der Waals surface area contributed by atoms with Crippen LogP contribution in [0.25, 0.3) is 0 Å². The number of amides is 1. The Balaban J connectivity index is 1.43. The standard InChI is InChI=1S/C17H22N4O3/c1-12-18-15(24-19-12)13-10-17(11-20(13)2)5-7-21(8-6-17)16(22)14-4-3-9-23-14/h3-4,9,13H,5-8,10-11H2,1-2H3. The van der Waals surface area contributed by atoms with Gasteiger partial charge in [0.2, 0.25) is 5.89 Å². The molecule has 7 heteroatoms. The van der Waals surface area contributed by atoms with E-state index in [4.69, 9.17) is 8.94 Å². The molecule has 0 bridgehead atoms. The number of hydrogen-bond acceptors (Lipinski definition) is 6. The zero-order valence-corrected chi connectivity index (χ0v) is 14.1. The first-order chi connectivity index (χ1) is 11.6. The van der Waals surface area contributed by atoms with Crippen LogP contribution in [0.2, 0.25) is 0 Å². The summed E-state index contributed by atoms with van der Waals surface area (Å²) in [6.07, 6.45) is 4.54. The quantitative estimate of drug-likeness (QED) is 0.841. The second-order valence-electron chi connectivity index (χ2n) is 7.08. The van der Waals surface area contributed by atoms with Crippen molar-refractivity contribution in [3.8, 4) is 0 Å². The lowest BCUT2D eigenvalue weighted by atomic mass is 9.76. The minimum atomic E-state index is -0.00900. The molecule has 7 nitrogen and oxygen atoms in total. The topological polar surface area (TPSA) is 75.6 Å². The Morgan fingerprint density at radius 3 is 2.79 bits per heavy atom. The molecule has 2 aliphatic rings. The highest BCUT2D eigenvalue weighted by Crippen LogP contribution is 2.48. The zero-order valence-electron chi connectivity index (χ0n) is 14.1. The maximum absolute atomic E-state index is 12.4. The number of furan rings is 1. The van der Waals surface area contributed by atoms with E-state index in [1.807, 2.05) is 11.8 Å². The monoisotopic (exact) mass is 330 g/mol. The summed E-state index contributed by atoms with van der Waals surface area (Å²) < 4.78 is 10.6. The van der Waals surface area contributed by atoms with Gasteiger partial charge in [0.1, 0.15) is 0 Å². The van der Waals surface area contributed by atoms with Gasteiger partial charge in [-0.3, -0.25) is 9.69 Å². The Kier molecular flexibility index (Phi) is 3.68. The highest BCUT2D eigenvalue weighted by molar-refractivity contribution is 5.91. The fraction of sp³-hybridized carbons (Fsp3) is 0.588. The van der Waals surface area contributed by atoms with E-state index in [1.165, 1.54) is 0 Å². The molecule has 1 spiro atoms. The van der Waals surface area contributed by atoms with Gasteiger partial charge in [-0.1, -0.05) is 5.16 Å². The molecule has 1 atom stereocenters. The molecule has 0 N–H and O–H groups in total. The summed E-state index contributed by atoms with van der Waals surface area (Å²) in [6.45, 7) is 4.38. The molecule has 2 saturated heterocycles. The summed E-state index contributed by atoms with van der Waals surface area (Å²) in [5.74, 6) is 1.80. The average molecular weight is 330 g/mol. The van der Waals surface area contributed by atoms with Gasteiger partial charge in [0.25, 0.3) is 5.91 Å². The smallest absolute Gasteiger partial charge is 0.289 e. The fourth-order valence-corrected chi connectivity index (χ4v) is 4.10. The molecule has 0 aliphatic carbocycles. The van der Waals surface area contributed by atoms with Gasteiger partial charge in [-0.05, 0) is 50.8 Å². The van der Waals surface area contributed by atoms with Crippen molar-refractivity contribution in [2.24, 2.45) is 5.41 Å². The minimum absolute atomic E-state index is 0.00900. The van der Waals surface area contributed by atoms with E-state index in [-0.39, 0.29) is 17.4 Å². The molecule has 2 aromatic rings. The second kappa shape index (κ2) is 5.73.